The lowest BCUT2D eigenvalue weighted by Crippen LogP contribution is -2.21. The van der Waals surface area contributed by atoms with Crippen LogP contribution in [0.2, 0.25) is 0 Å². The van der Waals surface area contributed by atoms with E-state index >= 15 is 0 Å². The summed E-state index contributed by atoms with van der Waals surface area (Å²) in [6.07, 6.45) is 0. The van der Waals surface area contributed by atoms with Gasteiger partial charge in [0, 0.05) is 20.1 Å². The van der Waals surface area contributed by atoms with Gasteiger partial charge in [-0.2, -0.15) is 0 Å². The van der Waals surface area contributed by atoms with Gasteiger partial charge in [0.15, 0.2) is 10.1 Å². The van der Waals surface area contributed by atoms with E-state index in [4.69, 9.17) is 0 Å². The van der Waals surface area contributed by atoms with Gasteiger partial charge in [-0.3, -0.25) is 0 Å². The Kier molecular flexibility index (Phi) is 4.13. The number of hydrogen-bond acceptors (Lipinski definition) is 7. The van der Waals surface area contributed by atoms with Crippen molar-refractivity contribution in [3.8, 4) is 9.88 Å². The first-order chi connectivity index (χ1) is 8.69. The molecule has 0 aliphatic carbocycles. The normalized spacial score (nSPS) is 10.7. The van der Waals surface area contributed by atoms with Gasteiger partial charge in [0.1, 0.15) is 0 Å². The monoisotopic (exact) mass is 283 g/mol. The summed E-state index contributed by atoms with van der Waals surface area (Å²) in [5, 5.41) is 14.1. The van der Waals surface area contributed by atoms with E-state index in [9.17, 15) is 0 Å². The number of nitrogens with zero attached hydrogens (tertiary/aromatic N) is 4. The van der Waals surface area contributed by atoms with E-state index < -0.39 is 0 Å². The van der Waals surface area contributed by atoms with E-state index in [1.165, 1.54) is 0 Å². The molecule has 7 heteroatoms. The van der Waals surface area contributed by atoms with E-state index in [-0.39, 0.29) is 0 Å². The topological polar surface area (TPSA) is 53.9 Å². The second kappa shape index (κ2) is 5.62. The summed E-state index contributed by atoms with van der Waals surface area (Å²) < 4.78 is 0. The number of anilines is 2. The predicted molar refractivity (Wildman–Crippen MR) is 78.9 cm³/mol. The summed E-state index contributed by atoms with van der Waals surface area (Å²) in [6.45, 7) is 8.26. The number of thiazole rings is 1. The minimum absolute atomic E-state index is 0.835. The van der Waals surface area contributed by atoms with Crippen molar-refractivity contribution < 1.29 is 0 Å². The van der Waals surface area contributed by atoms with Crippen LogP contribution in [0.25, 0.3) is 9.88 Å². The van der Waals surface area contributed by atoms with Crippen molar-refractivity contribution in [2.45, 2.75) is 20.8 Å². The molecule has 0 aliphatic rings. The van der Waals surface area contributed by atoms with Gasteiger partial charge in [0.05, 0.1) is 10.6 Å². The minimum Gasteiger partial charge on any atom is -0.363 e. The number of rotatable bonds is 5. The number of hydrogen-bond donors (Lipinski definition) is 1. The minimum atomic E-state index is 0.835. The van der Waals surface area contributed by atoms with E-state index in [2.05, 4.69) is 39.2 Å². The molecule has 0 unspecified atom stereocenters. The maximum Gasteiger partial charge on any atom is 0.205 e. The van der Waals surface area contributed by atoms with Crippen molar-refractivity contribution in [2.24, 2.45) is 0 Å². The second-order valence-electron chi connectivity index (χ2n) is 3.75. The molecule has 2 aromatic heterocycles. The van der Waals surface area contributed by atoms with Crippen LogP contribution in [-0.4, -0.2) is 35.3 Å². The van der Waals surface area contributed by atoms with Crippen LogP contribution in [0, 0.1) is 6.92 Å². The highest BCUT2D eigenvalue weighted by Gasteiger charge is 2.16. The van der Waals surface area contributed by atoms with Gasteiger partial charge >= 0.3 is 0 Å². The quantitative estimate of drug-likeness (QED) is 0.914. The number of aromatic nitrogens is 3. The maximum absolute atomic E-state index is 4.63. The van der Waals surface area contributed by atoms with E-state index in [1.807, 2.05) is 14.0 Å². The van der Waals surface area contributed by atoms with Crippen LogP contribution in [0.4, 0.5) is 10.3 Å². The average molecular weight is 283 g/mol. The Morgan fingerprint density at radius 2 is 1.89 bits per heavy atom. The first kappa shape index (κ1) is 13.2. The SMILES string of the molecule is CCN(CC)c1nc(C)c(-c2nnc(NC)s2)s1. The van der Waals surface area contributed by atoms with E-state index in [0.717, 1.165) is 38.9 Å². The fourth-order valence-corrected chi connectivity index (χ4v) is 3.64. The third-order valence-electron chi connectivity index (χ3n) is 2.65. The molecular formula is C11H17N5S2. The highest BCUT2D eigenvalue weighted by Crippen LogP contribution is 2.36. The summed E-state index contributed by atoms with van der Waals surface area (Å²) in [4.78, 5) is 8.00. The van der Waals surface area contributed by atoms with Gasteiger partial charge in [-0.05, 0) is 20.8 Å². The van der Waals surface area contributed by atoms with Gasteiger partial charge in [0.25, 0.3) is 0 Å². The first-order valence-corrected chi connectivity index (χ1v) is 7.56. The molecule has 18 heavy (non-hydrogen) atoms. The highest BCUT2D eigenvalue weighted by molar-refractivity contribution is 7.25. The van der Waals surface area contributed by atoms with Crippen molar-refractivity contribution in [3.63, 3.8) is 0 Å². The predicted octanol–water partition coefficient (Wildman–Crippen LogP) is 2.86. The largest absolute Gasteiger partial charge is 0.363 e. The van der Waals surface area contributed by atoms with Gasteiger partial charge in [-0.15, -0.1) is 10.2 Å². The summed E-state index contributed by atoms with van der Waals surface area (Å²) in [5.41, 5.74) is 1.03. The van der Waals surface area contributed by atoms with Crippen molar-refractivity contribution in [3.05, 3.63) is 5.69 Å². The van der Waals surface area contributed by atoms with Crippen molar-refractivity contribution in [1.29, 1.82) is 0 Å². The van der Waals surface area contributed by atoms with E-state index in [1.54, 1.807) is 22.7 Å². The maximum atomic E-state index is 4.63. The molecule has 2 heterocycles. The molecule has 0 radical (unpaired) electrons. The Morgan fingerprint density at radius 3 is 2.44 bits per heavy atom. The first-order valence-electron chi connectivity index (χ1n) is 5.93. The molecule has 1 N–H and O–H groups in total. The zero-order valence-corrected chi connectivity index (χ0v) is 12.7. The molecule has 0 atom stereocenters. The van der Waals surface area contributed by atoms with Crippen molar-refractivity contribution in [2.75, 3.05) is 30.4 Å². The zero-order chi connectivity index (χ0) is 13.1. The fraction of sp³-hybridized carbons (Fsp3) is 0.545. The average Bonchev–Trinajstić information content (AvgIpc) is 2.97. The molecule has 0 spiro atoms. The molecule has 2 rings (SSSR count). The Morgan fingerprint density at radius 1 is 1.17 bits per heavy atom. The van der Waals surface area contributed by atoms with Gasteiger partial charge in [-0.25, -0.2) is 4.98 Å². The van der Waals surface area contributed by atoms with Crippen LogP contribution in [0.1, 0.15) is 19.5 Å². The van der Waals surface area contributed by atoms with Crippen LogP contribution in [0.3, 0.4) is 0 Å². The molecule has 0 saturated carbocycles. The fourth-order valence-electron chi connectivity index (χ4n) is 1.63. The summed E-state index contributed by atoms with van der Waals surface area (Å²) in [6, 6.07) is 0. The van der Waals surface area contributed by atoms with Crippen molar-refractivity contribution in [1.82, 2.24) is 15.2 Å². The molecule has 0 saturated heterocycles. The third-order valence-corrected chi connectivity index (χ3v) is 4.96. The zero-order valence-electron chi connectivity index (χ0n) is 11.0. The highest BCUT2D eigenvalue weighted by atomic mass is 32.1. The standard InChI is InChI=1S/C11H17N5S2/c1-5-16(6-2)11-13-7(3)8(17-11)9-14-15-10(12-4)18-9/h5-6H2,1-4H3,(H,12,15). The lowest BCUT2D eigenvalue weighted by Gasteiger charge is -2.16. The molecular weight excluding hydrogens is 266 g/mol. The third kappa shape index (κ3) is 2.46. The smallest absolute Gasteiger partial charge is 0.205 e. The lowest BCUT2D eigenvalue weighted by atomic mass is 10.4. The molecule has 0 amide bonds. The van der Waals surface area contributed by atoms with Crippen LogP contribution < -0.4 is 10.2 Å². The molecule has 0 fully saturated rings. The Balaban J connectivity index is 2.34. The van der Waals surface area contributed by atoms with Crippen LogP contribution in [-0.2, 0) is 0 Å². The summed E-state index contributed by atoms with van der Waals surface area (Å²) in [7, 11) is 1.85. The van der Waals surface area contributed by atoms with Crippen LogP contribution in [0.5, 0.6) is 0 Å². The molecule has 2 aromatic rings. The van der Waals surface area contributed by atoms with Gasteiger partial charge < -0.3 is 10.2 Å². The van der Waals surface area contributed by atoms with E-state index in [0.29, 0.717) is 0 Å². The molecule has 0 bridgehead atoms. The summed E-state index contributed by atoms with van der Waals surface area (Å²) in [5.74, 6) is 0. The van der Waals surface area contributed by atoms with Gasteiger partial charge in [-0.1, -0.05) is 22.7 Å². The Labute approximate surface area is 115 Å². The summed E-state index contributed by atoms with van der Waals surface area (Å²) >= 11 is 3.25. The van der Waals surface area contributed by atoms with Crippen LogP contribution >= 0.6 is 22.7 Å². The molecule has 0 aromatic carbocycles. The number of nitrogens with one attached hydrogen (secondary N) is 1. The molecule has 98 valence electrons. The van der Waals surface area contributed by atoms with Crippen LogP contribution in [0.15, 0.2) is 0 Å². The lowest BCUT2D eigenvalue weighted by molar-refractivity contribution is 0.857. The number of aryl methyl sites for hydroxylation is 1. The Hall–Kier alpha value is -1.21. The molecule has 5 nitrogen and oxygen atoms in total. The molecule has 0 aliphatic heterocycles. The second-order valence-corrected chi connectivity index (χ2v) is 5.70. The van der Waals surface area contributed by atoms with Gasteiger partial charge in [0.2, 0.25) is 5.13 Å². The Bertz CT molecular complexity index is 515. The van der Waals surface area contributed by atoms with Crippen molar-refractivity contribution >= 4 is 32.9 Å².